The van der Waals surface area contributed by atoms with Gasteiger partial charge in [-0.05, 0) is 48.9 Å². The highest BCUT2D eigenvalue weighted by Crippen LogP contribution is 2.63. The van der Waals surface area contributed by atoms with Crippen molar-refractivity contribution >= 4 is 0 Å². The molecule has 0 spiro atoms. The van der Waals surface area contributed by atoms with Crippen LogP contribution in [0.1, 0.15) is 42.9 Å². The summed E-state index contributed by atoms with van der Waals surface area (Å²) >= 11 is 0. The largest absolute Gasteiger partial charge is 0.484 e. The minimum absolute atomic E-state index is 0.0750. The van der Waals surface area contributed by atoms with Crippen molar-refractivity contribution in [3.63, 3.8) is 0 Å². The van der Waals surface area contributed by atoms with Crippen LogP contribution in [0.3, 0.4) is 0 Å². The number of nitrogens with zero attached hydrogens (tertiary/aromatic N) is 2. The van der Waals surface area contributed by atoms with Crippen molar-refractivity contribution in [3.8, 4) is 11.6 Å². The quantitative estimate of drug-likeness (QED) is 0.849. The zero-order valence-electron chi connectivity index (χ0n) is 13.5. The lowest BCUT2D eigenvalue weighted by atomic mass is 9.64. The predicted molar refractivity (Wildman–Crippen MR) is 89.1 cm³/mol. The van der Waals surface area contributed by atoms with Crippen LogP contribution in [-0.2, 0) is 5.54 Å². The lowest BCUT2D eigenvalue weighted by Crippen LogP contribution is -2.72. The summed E-state index contributed by atoms with van der Waals surface area (Å²) in [6, 6.07) is 14.5. The monoisotopic (exact) mass is 320 g/mol. The molecule has 3 saturated heterocycles. The maximum Gasteiger partial charge on any atom is 0.257 e. The SMILES string of the molecule is c1cnc2c(c1)OC[C@H](c1ccc(C34C[C@H]5CC[C@@H](C3)N54)cc1)O2. The Bertz CT molecular complexity index is 790. The minimum Gasteiger partial charge on any atom is -0.484 e. The Morgan fingerprint density at radius 1 is 1.04 bits per heavy atom. The number of aromatic nitrogens is 1. The summed E-state index contributed by atoms with van der Waals surface area (Å²) in [7, 11) is 0. The van der Waals surface area contributed by atoms with Crippen LogP contribution in [0.4, 0.5) is 0 Å². The number of ether oxygens (including phenoxy) is 2. The molecule has 122 valence electrons. The fraction of sp³-hybridized carbons (Fsp3) is 0.450. The van der Waals surface area contributed by atoms with E-state index in [1.165, 1.54) is 36.8 Å². The van der Waals surface area contributed by atoms with E-state index in [1.54, 1.807) is 6.20 Å². The standard InChI is InChI=1S/C20H20N2O2/c1-2-17-19(21-9-1)24-18(12-23-17)13-3-5-14(6-4-13)20-10-15-7-8-16(11-20)22(15)20/h1-6,9,15-16,18H,7-8,10-12H2/t15-,16+,18-,20?/m1/s1. The third-order valence-electron chi connectivity index (χ3n) is 6.46. The first kappa shape index (κ1) is 13.2. The summed E-state index contributed by atoms with van der Waals surface area (Å²) in [5.74, 6) is 1.33. The number of hydrogen-bond acceptors (Lipinski definition) is 4. The Kier molecular flexibility index (Phi) is 2.49. The van der Waals surface area contributed by atoms with Crippen LogP contribution in [0.25, 0.3) is 0 Å². The molecule has 24 heavy (non-hydrogen) atoms. The fourth-order valence-corrected chi connectivity index (χ4v) is 5.38. The van der Waals surface area contributed by atoms with Crippen molar-refractivity contribution in [1.29, 1.82) is 0 Å². The average Bonchev–Trinajstić information content (AvgIpc) is 2.77. The number of rotatable bonds is 2. The summed E-state index contributed by atoms with van der Waals surface area (Å²) in [4.78, 5) is 7.03. The molecule has 0 amide bonds. The van der Waals surface area contributed by atoms with Gasteiger partial charge in [0.2, 0.25) is 0 Å². The first-order valence-electron chi connectivity index (χ1n) is 8.97. The maximum absolute atomic E-state index is 6.02. The fourth-order valence-electron chi connectivity index (χ4n) is 5.38. The molecule has 0 radical (unpaired) electrons. The van der Waals surface area contributed by atoms with Gasteiger partial charge < -0.3 is 9.47 Å². The Morgan fingerprint density at radius 2 is 1.83 bits per heavy atom. The zero-order valence-corrected chi connectivity index (χ0v) is 13.5. The highest BCUT2D eigenvalue weighted by Gasteiger charge is 2.66. The molecule has 0 N–H and O–H groups in total. The molecule has 5 heterocycles. The van der Waals surface area contributed by atoms with Gasteiger partial charge in [0.25, 0.3) is 5.88 Å². The van der Waals surface area contributed by atoms with E-state index in [4.69, 9.17) is 9.47 Å². The Balaban J connectivity index is 1.25. The highest BCUT2D eigenvalue weighted by atomic mass is 16.6. The molecule has 1 aromatic carbocycles. The second kappa shape index (κ2) is 4.51. The zero-order chi connectivity index (χ0) is 15.7. The number of benzene rings is 1. The smallest absolute Gasteiger partial charge is 0.257 e. The molecule has 1 unspecified atom stereocenters. The maximum atomic E-state index is 6.02. The predicted octanol–water partition coefficient (Wildman–Crippen LogP) is 3.43. The first-order chi connectivity index (χ1) is 11.8. The van der Waals surface area contributed by atoms with Crippen LogP contribution in [0.2, 0.25) is 0 Å². The van der Waals surface area contributed by atoms with Crippen molar-refractivity contribution in [2.24, 2.45) is 0 Å². The van der Waals surface area contributed by atoms with Crippen LogP contribution in [0, 0.1) is 0 Å². The van der Waals surface area contributed by atoms with Gasteiger partial charge in [0.1, 0.15) is 6.61 Å². The van der Waals surface area contributed by atoms with Gasteiger partial charge in [-0.2, -0.15) is 0 Å². The normalized spacial score (nSPS) is 35.8. The van der Waals surface area contributed by atoms with Gasteiger partial charge in [0.15, 0.2) is 11.9 Å². The first-order valence-corrected chi connectivity index (χ1v) is 8.97. The lowest BCUT2D eigenvalue weighted by molar-refractivity contribution is -0.171. The molecule has 2 aromatic rings. The van der Waals surface area contributed by atoms with Crippen LogP contribution in [0.15, 0.2) is 42.6 Å². The molecule has 0 saturated carbocycles. The molecule has 4 nitrogen and oxygen atoms in total. The van der Waals surface area contributed by atoms with E-state index in [0.717, 1.165) is 17.8 Å². The van der Waals surface area contributed by atoms with E-state index >= 15 is 0 Å². The second-order valence-electron chi connectivity index (χ2n) is 7.58. The van der Waals surface area contributed by atoms with E-state index in [0.29, 0.717) is 18.0 Å². The van der Waals surface area contributed by atoms with Gasteiger partial charge in [-0.1, -0.05) is 24.3 Å². The Hall–Kier alpha value is -2.07. The number of fused-ring (bicyclic) bond motifs is 1. The molecular weight excluding hydrogens is 300 g/mol. The van der Waals surface area contributed by atoms with E-state index in [2.05, 4.69) is 34.1 Å². The van der Waals surface area contributed by atoms with Gasteiger partial charge in [0.05, 0.1) is 0 Å². The van der Waals surface area contributed by atoms with Gasteiger partial charge in [0, 0.05) is 23.8 Å². The van der Waals surface area contributed by atoms with Gasteiger partial charge in [-0.15, -0.1) is 0 Å². The summed E-state index contributed by atoms with van der Waals surface area (Å²) in [5.41, 5.74) is 3.01. The molecule has 4 aliphatic heterocycles. The van der Waals surface area contributed by atoms with Gasteiger partial charge in [-0.3, -0.25) is 4.90 Å². The number of hydrogen-bond donors (Lipinski definition) is 0. The van der Waals surface area contributed by atoms with Crippen molar-refractivity contribution in [1.82, 2.24) is 9.88 Å². The van der Waals surface area contributed by atoms with E-state index in [-0.39, 0.29) is 6.10 Å². The lowest BCUT2D eigenvalue weighted by Gasteiger charge is -2.67. The molecule has 4 aliphatic rings. The van der Waals surface area contributed by atoms with Crippen LogP contribution in [0.5, 0.6) is 11.6 Å². The molecule has 4 heteroatoms. The van der Waals surface area contributed by atoms with Crippen LogP contribution in [-0.4, -0.2) is 28.6 Å². The minimum atomic E-state index is -0.0750. The van der Waals surface area contributed by atoms with Gasteiger partial charge >= 0.3 is 0 Å². The third kappa shape index (κ3) is 1.59. The van der Waals surface area contributed by atoms with Crippen LogP contribution < -0.4 is 9.47 Å². The van der Waals surface area contributed by atoms with Gasteiger partial charge in [-0.25, -0.2) is 4.98 Å². The molecular formula is C20H20N2O2. The molecule has 3 fully saturated rings. The number of pyridine rings is 1. The molecule has 4 atom stereocenters. The summed E-state index contributed by atoms with van der Waals surface area (Å²) in [5, 5.41) is 0. The third-order valence-corrected chi connectivity index (χ3v) is 6.46. The number of piperidine rings is 1. The summed E-state index contributed by atoms with van der Waals surface area (Å²) in [6.45, 7) is 0.541. The summed E-state index contributed by atoms with van der Waals surface area (Å²) in [6.07, 6.45) is 7.18. The molecule has 0 bridgehead atoms. The summed E-state index contributed by atoms with van der Waals surface area (Å²) < 4.78 is 11.8. The van der Waals surface area contributed by atoms with Crippen molar-refractivity contribution in [3.05, 3.63) is 53.7 Å². The van der Waals surface area contributed by atoms with Crippen molar-refractivity contribution < 1.29 is 9.47 Å². The second-order valence-corrected chi connectivity index (χ2v) is 7.58. The Labute approximate surface area is 141 Å². The van der Waals surface area contributed by atoms with E-state index < -0.39 is 0 Å². The Morgan fingerprint density at radius 3 is 2.62 bits per heavy atom. The topological polar surface area (TPSA) is 34.6 Å². The van der Waals surface area contributed by atoms with Crippen LogP contribution >= 0.6 is 0 Å². The molecule has 0 aliphatic carbocycles. The molecule has 6 rings (SSSR count). The van der Waals surface area contributed by atoms with Crippen molar-refractivity contribution in [2.45, 2.75) is 49.4 Å². The average molecular weight is 320 g/mol. The molecule has 1 aromatic heterocycles. The highest BCUT2D eigenvalue weighted by molar-refractivity contribution is 5.39. The van der Waals surface area contributed by atoms with Crippen molar-refractivity contribution in [2.75, 3.05) is 6.61 Å². The van der Waals surface area contributed by atoms with E-state index in [9.17, 15) is 0 Å². The van der Waals surface area contributed by atoms with E-state index in [1.807, 2.05) is 12.1 Å².